The number of nitrogens with one attached hydrogen (secondary N) is 2. The zero-order valence-corrected chi connectivity index (χ0v) is 13.2. The Morgan fingerprint density at radius 1 is 1.17 bits per heavy atom. The molecule has 8 heteroatoms. The molecular weight excluding hydrogens is 316 g/mol. The van der Waals surface area contributed by atoms with Gasteiger partial charge >= 0.3 is 0 Å². The van der Waals surface area contributed by atoms with Crippen molar-refractivity contribution < 1.29 is 5.11 Å². The van der Waals surface area contributed by atoms with Crippen LogP contribution in [0.3, 0.4) is 0 Å². The lowest BCUT2D eigenvalue weighted by atomic mass is 10.3. The molecule has 0 unspecified atom stereocenters. The standard InChI is InChI=1S/C15H17ClN6O/c16-11-2-1-3-12(8-11)22-15-13(9-21-22)14(19-10-20-15)18-5-4-17-6-7-23/h1-3,8-10,17,23H,4-7H2,(H,18,19,20). The summed E-state index contributed by atoms with van der Waals surface area (Å²) in [4.78, 5) is 8.59. The normalized spacial score (nSPS) is 11.0. The molecule has 0 radical (unpaired) electrons. The van der Waals surface area contributed by atoms with E-state index in [0.29, 0.717) is 23.8 Å². The van der Waals surface area contributed by atoms with Crippen LogP contribution in [0.2, 0.25) is 5.02 Å². The second-order valence-corrected chi connectivity index (χ2v) is 5.33. The van der Waals surface area contributed by atoms with E-state index in [1.54, 1.807) is 10.9 Å². The number of benzene rings is 1. The smallest absolute Gasteiger partial charge is 0.168 e. The van der Waals surface area contributed by atoms with Gasteiger partial charge in [-0.05, 0) is 18.2 Å². The Morgan fingerprint density at radius 3 is 2.91 bits per heavy atom. The predicted octanol–water partition coefficient (Wildman–Crippen LogP) is 1.46. The lowest BCUT2D eigenvalue weighted by molar-refractivity contribution is 0.293. The minimum Gasteiger partial charge on any atom is -0.395 e. The highest BCUT2D eigenvalue weighted by Crippen LogP contribution is 2.22. The average molecular weight is 333 g/mol. The SMILES string of the molecule is OCCNCCNc1ncnc2c1cnn2-c1cccc(Cl)c1. The van der Waals surface area contributed by atoms with E-state index in [2.05, 4.69) is 25.7 Å². The summed E-state index contributed by atoms with van der Waals surface area (Å²) < 4.78 is 1.73. The zero-order chi connectivity index (χ0) is 16.1. The molecule has 2 aromatic heterocycles. The van der Waals surface area contributed by atoms with Crippen molar-refractivity contribution in [2.45, 2.75) is 0 Å². The minimum atomic E-state index is 0.129. The molecular formula is C15H17ClN6O. The first kappa shape index (κ1) is 15.7. The van der Waals surface area contributed by atoms with Crippen LogP contribution >= 0.6 is 11.6 Å². The maximum atomic E-state index is 8.73. The van der Waals surface area contributed by atoms with Crippen LogP contribution in [0.15, 0.2) is 36.8 Å². The molecule has 0 saturated heterocycles. The summed E-state index contributed by atoms with van der Waals surface area (Å²) >= 11 is 6.04. The molecule has 120 valence electrons. The van der Waals surface area contributed by atoms with Crippen molar-refractivity contribution in [3.63, 3.8) is 0 Å². The number of halogens is 1. The molecule has 3 aromatic rings. The summed E-state index contributed by atoms with van der Waals surface area (Å²) in [6.07, 6.45) is 3.24. The highest BCUT2D eigenvalue weighted by Gasteiger charge is 2.10. The number of aliphatic hydroxyl groups excluding tert-OH is 1. The third kappa shape index (κ3) is 3.58. The highest BCUT2D eigenvalue weighted by molar-refractivity contribution is 6.30. The summed E-state index contributed by atoms with van der Waals surface area (Å²) in [5.74, 6) is 0.731. The number of rotatable bonds is 7. The zero-order valence-electron chi connectivity index (χ0n) is 12.4. The van der Waals surface area contributed by atoms with E-state index < -0.39 is 0 Å². The number of hydrogen-bond donors (Lipinski definition) is 3. The van der Waals surface area contributed by atoms with E-state index in [1.807, 2.05) is 24.3 Å². The van der Waals surface area contributed by atoms with Crippen molar-refractivity contribution in [1.82, 2.24) is 25.1 Å². The summed E-state index contributed by atoms with van der Waals surface area (Å²) in [6.45, 7) is 2.13. The molecule has 3 N–H and O–H groups in total. The second kappa shape index (κ2) is 7.36. The molecule has 0 amide bonds. The molecule has 23 heavy (non-hydrogen) atoms. The number of nitrogens with zero attached hydrogens (tertiary/aromatic N) is 4. The van der Waals surface area contributed by atoms with Gasteiger partial charge < -0.3 is 15.7 Å². The Bertz CT molecular complexity index is 790. The molecule has 0 atom stereocenters. The van der Waals surface area contributed by atoms with E-state index in [4.69, 9.17) is 16.7 Å². The first-order chi connectivity index (χ1) is 11.3. The van der Waals surface area contributed by atoms with Crippen molar-refractivity contribution in [3.8, 4) is 5.69 Å². The molecule has 7 nitrogen and oxygen atoms in total. The molecule has 2 heterocycles. The highest BCUT2D eigenvalue weighted by atomic mass is 35.5. The van der Waals surface area contributed by atoms with E-state index in [9.17, 15) is 0 Å². The Balaban J connectivity index is 1.83. The van der Waals surface area contributed by atoms with E-state index in [-0.39, 0.29) is 6.61 Å². The van der Waals surface area contributed by atoms with E-state index in [1.165, 1.54) is 6.33 Å². The van der Waals surface area contributed by atoms with Crippen molar-refractivity contribution in [1.29, 1.82) is 0 Å². The van der Waals surface area contributed by atoms with Crippen LogP contribution in [0.1, 0.15) is 0 Å². The van der Waals surface area contributed by atoms with Crippen LogP contribution in [-0.2, 0) is 0 Å². The molecule has 0 aliphatic rings. The van der Waals surface area contributed by atoms with Gasteiger partial charge in [0.05, 0.1) is 23.9 Å². The number of hydrogen-bond acceptors (Lipinski definition) is 6. The topological polar surface area (TPSA) is 87.9 Å². The van der Waals surface area contributed by atoms with Crippen molar-refractivity contribution in [3.05, 3.63) is 41.8 Å². The van der Waals surface area contributed by atoms with Gasteiger partial charge in [0.1, 0.15) is 12.1 Å². The average Bonchev–Trinajstić information content (AvgIpc) is 2.99. The third-order valence-corrected chi connectivity index (χ3v) is 3.54. The Kier molecular flexibility index (Phi) is 5.02. The van der Waals surface area contributed by atoms with Crippen LogP contribution in [0.4, 0.5) is 5.82 Å². The van der Waals surface area contributed by atoms with Gasteiger partial charge in [-0.2, -0.15) is 5.10 Å². The van der Waals surface area contributed by atoms with Crippen molar-refractivity contribution in [2.75, 3.05) is 31.6 Å². The summed E-state index contributed by atoms with van der Waals surface area (Å²) in [7, 11) is 0. The van der Waals surface area contributed by atoms with Crippen LogP contribution in [-0.4, -0.2) is 51.1 Å². The van der Waals surface area contributed by atoms with Gasteiger partial charge in [0.15, 0.2) is 5.65 Å². The predicted molar refractivity (Wildman–Crippen MR) is 90.1 cm³/mol. The molecule has 0 aliphatic heterocycles. The molecule has 0 aliphatic carbocycles. The Morgan fingerprint density at radius 2 is 2.09 bits per heavy atom. The van der Waals surface area contributed by atoms with Gasteiger partial charge in [-0.15, -0.1) is 0 Å². The minimum absolute atomic E-state index is 0.129. The molecule has 3 rings (SSSR count). The van der Waals surface area contributed by atoms with Gasteiger partial charge in [-0.3, -0.25) is 0 Å². The third-order valence-electron chi connectivity index (χ3n) is 3.30. The molecule has 0 spiro atoms. The van der Waals surface area contributed by atoms with Gasteiger partial charge in [0.2, 0.25) is 0 Å². The first-order valence-electron chi connectivity index (χ1n) is 7.29. The van der Waals surface area contributed by atoms with Gasteiger partial charge in [0, 0.05) is 24.7 Å². The largest absolute Gasteiger partial charge is 0.395 e. The Labute approximate surface area is 138 Å². The monoisotopic (exact) mass is 332 g/mol. The van der Waals surface area contributed by atoms with Crippen LogP contribution in [0, 0.1) is 0 Å². The quantitative estimate of drug-likeness (QED) is 0.568. The van der Waals surface area contributed by atoms with Crippen molar-refractivity contribution >= 4 is 28.5 Å². The Hall–Kier alpha value is -2.22. The lowest BCUT2D eigenvalue weighted by Crippen LogP contribution is -2.25. The fourth-order valence-corrected chi connectivity index (χ4v) is 2.44. The maximum Gasteiger partial charge on any atom is 0.168 e. The van der Waals surface area contributed by atoms with Crippen LogP contribution < -0.4 is 10.6 Å². The number of aliphatic hydroxyl groups is 1. The molecule has 0 bridgehead atoms. The van der Waals surface area contributed by atoms with Crippen LogP contribution in [0.25, 0.3) is 16.7 Å². The summed E-state index contributed by atoms with van der Waals surface area (Å²) in [5.41, 5.74) is 1.56. The van der Waals surface area contributed by atoms with E-state index in [0.717, 1.165) is 23.4 Å². The van der Waals surface area contributed by atoms with Gasteiger partial charge in [-0.1, -0.05) is 17.7 Å². The molecule has 0 saturated carbocycles. The first-order valence-corrected chi connectivity index (χ1v) is 7.67. The van der Waals surface area contributed by atoms with E-state index >= 15 is 0 Å². The maximum absolute atomic E-state index is 8.73. The van der Waals surface area contributed by atoms with Crippen molar-refractivity contribution in [2.24, 2.45) is 0 Å². The molecule has 0 fully saturated rings. The lowest BCUT2D eigenvalue weighted by Gasteiger charge is -2.07. The number of anilines is 1. The van der Waals surface area contributed by atoms with Gasteiger partial charge in [-0.25, -0.2) is 14.6 Å². The van der Waals surface area contributed by atoms with Crippen LogP contribution in [0.5, 0.6) is 0 Å². The number of fused-ring (bicyclic) bond motifs is 1. The second-order valence-electron chi connectivity index (χ2n) is 4.90. The summed E-state index contributed by atoms with van der Waals surface area (Å²) in [6, 6.07) is 7.45. The van der Waals surface area contributed by atoms with Gasteiger partial charge in [0.25, 0.3) is 0 Å². The number of aromatic nitrogens is 4. The summed E-state index contributed by atoms with van der Waals surface area (Å²) in [5, 5.41) is 21.0. The fraction of sp³-hybridized carbons (Fsp3) is 0.267. The molecule has 1 aromatic carbocycles. The fourth-order valence-electron chi connectivity index (χ4n) is 2.26.